The molecule has 1 rings (SSSR count). The Bertz CT molecular complexity index is 458. The SMILES string of the molecule is CNc1cc(C(=O)NCC(C)(C)C(C)C)cc(Cl)n1. The molecule has 0 saturated heterocycles. The van der Waals surface area contributed by atoms with Crippen molar-refractivity contribution >= 4 is 23.3 Å². The average Bonchev–Trinajstić information content (AvgIpc) is 2.34. The van der Waals surface area contributed by atoms with Crippen LogP contribution in [-0.4, -0.2) is 24.5 Å². The fourth-order valence-corrected chi connectivity index (χ4v) is 1.58. The molecule has 0 spiro atoms. The number of aromatic nitrogens is 1. The number of carbonyl (C=O) groups is 1. The predicted molar refractivity (Wildman–Crippen MR) is 79.7 cm³/mol. The predicted octanol–water partition coefficient (Wildman–Crippen LogP) is 3.19. The van der Waals surface area contributed by atoms with E-state index >= 15 is 0 Å². The maximum Gasteiger partial charge on any atom is 0.251 e. The maximum atomic E-state index is 12.1. The van der Waals surface area contributed by atoms with Gasteiger partial charge in [-0.15, -0.1) is 0 Å². The zero-order chi connectivity index (χ0) is 14.6. The number of amides is 1. The van der Waals surface area contributed by atoms with E-state index in [0.29, 0.717) is 29.0 Å². The first-order valence-corrected chi connectivity index (χ1v) is 6.77. The lowest BCUT2D eigenvalue weighted by Crippen LogP contribution is -2.37. The molecule has 0 aromatic carbocycles. The van der Waals surface area contributed by atoms with Gasteiger partial charge in [-0.25, -0.2) is 4.98 Å². The molecule has 1 heterocycles. The third kappa shape index (κ3) is 4.39. The van der Waals surface area contributed by atoms with E-state index < -0.39 is 0 Å². The van der Waals surface area contributed by atoms with Crippen LogP contribution in [0.25, 0.3) is 0 Å². The third-order valence-corrected chi connectivity index (χ3v) is 3.77. The van der Waals surface area contributed by atoms with Crippen molar-refractivity contribution in [3.8, 4) is 0 Å². The van der Waals surface area contributed by atoms with Crippen LogP contribution in [0, 0.1) is 11.3 Å². The molecule has 1 aromatic rings. The van der Waals surface area contributed by atoms with E-state index in [9.17, 15) is 4.79 Å². The number of rotatable bonds is 5. The zero-order valence-corrected chi connectivity index (χ0v) is 12.9. The molecule has 0 fully saturated rings. The highest BCUT2D eigenvalue weighted by Crippen LogP contribution is 2.25. The van der Waals surface area contributed by atoms with E-state index in [2.05, 4.69) is 43.3 Å². The zero-order valence-electron chi connectivity index (χ0n) is 12.2. The lowest BCUT2D eigenvalue weighted by atomic mass is 9.81. The minimum atomic E-state index is -0.130. The van der Waals surface area contributed by atoms with Crippen LogP contribution < -0.4 is 10.6 Å². The van der Waals surface area contributed by atoms with Crippen molar-refractivity contribution in [1.29, 1.82) is 0 Å². The summed E-state index contributed by atoms with van der Waals surface area (Å²) in [5.41, 5.74) is 0.571. The molecule has 0 radical (unpaired) electrons. The van der Waals surface area contributed by atoms with Crippen LogP contribution in [0.3, 0.4) is 0 Å². The number of pyridine rings is 1. The first-order valence-electron chi connectivity index (χ1n) is 6.40. The molecule has 5 heteroatoms. The van der Waals surface area contributed by atoms with E-state index in [4.69, 9.17) is 11.6 Å². The molecule has 0 atom stereocenters. The van der Waals surface area contributed by atoms with E-state index in [1.165, 1.54) is 0 Å². The number of hydrogen-bond donors (Lipinski definition) is 2. The van der Waals surface area contributed by atoms with Crippen molar-refractivity contribution in [2.75, 3.05) is 18.9 Å². The van der Waals surface area contributed by atoms with Crippen molar-refractivity contribution in [1.82, 2.24) is 10.3 Å². The van der Waals surface area contributed by atoms with Gasteiger partial charge in [-0.05, 0) is 23.5 Å². The molecule has 0 saturated carbocycles. The van der Waals surface area contributed by atoms with Gasteiger partial charge in [-0.2, -0.15) is 0 Å². The van der Waals surface area contributed by atoms with Gasteiger partial charge in [0.15, 0.2) is 0 Å². The lowest BCUT2D eigenvalue weighted by Gasteiger charge is -2.29. The molecule has 4 nitrogen and oxygen atoms in total. The monoisotopic (exact) mass is 283 g/mol. The van der Waals surface area contributed by atoms with Crippen molar-refractivity contribution < 1.29 is 4.79 Å². The second-order valence-corrected chi connectivity index (χ2v) is 6.03. The van der Waals surface area contributed by atoms with Gasteiger partial charge in [0.25, 0.3) is 5.91 Å². The summed E-state index contributed by atoms with van der Waals surface area (Å²) < 4.78 is 0. The van der Waals surface area contributed by atoms with E-state index in [0.717, 1.165) is 0 Å². The van der Waals surface area contributed by atoms with E-state index in [-0.39, 0.29) is 11.3 Å². The van der Waals surface area contributed by atoms with Gasteiger partial charge in [0.05, 0.1) is 0 Å². The molecular weight excluding hydrogens is 262 g/mol. The summed E-state index contributed by atoms with van der Waals surface area (Å²) in [6.07, 6.45) is 0. The molecule has 0 aliphatic heterocycles. The quantitative estimate of drug-likeness (QED) is 0.816. The summed E-state index contributed by atoms with van der Waals surface area (Å²) in [5, 5.41) is 6.13. The molecule has 0 aliphatic rings. The van der Waals surface area contributed by atoms with Gasteiger partial charge in [0, 0.05) is 19.2 Å². The van der Waals surface area contributed by atoms with Crippen LogP contribution in [0.4, 0.5) is 5.82 Å². The van der Waals surface area contributed by atoms with E-state index in [1.807, 2.05) is 0 Å². The summed E-state index contributed by atoms with van der Waals surface area (Å²) in [6, 6.07) is 3.25. The van der Waals surface area contributed by atoms with Crippen molar-refractivity contribution in [2.24, 2.45) is 11.3 Å². The molecular formula is C14H22ClN3O. The highest BCUT2D eigenvalue weighted by atomic mass is 35.5. The highest BCUT2D eigenvalue weighted by Gasteiger charge is 2.23. The molecule has 1 aromatic heterocycles. The number of carbonyl (C=O) groups excluding carboxylic acids is 1. The number of hydrogen-bond acceptors (Lipinski definition) is 3. The van der Waals surface area contributed by atoms with E-state index in [1.54, 1.807) is 19.2 Å². The van der Waals surface area contributed by atoms with Crippen LogP contribution in [0.15, 0.2) is 12.1 Å². The van der Waals surface area contributed by atoms with Crippen molar-refractivity contribution in [3.63, 3.8) is 0 Å². The smallest absolute Gasteiger partial charge is 0.251 e. The van der Waals surface area contributed by atoms with Gasteiger partial charge in [0.1, 0.15) is 11.0 Å². The lowest BCUT2D eigenvalue weighted by molar-refractivity contribution is 0.0924. The Labute approximate surface area is 120 Å². The van der Waals surface area contributed by atoms with Crippen LogP contribution >= 0.6 is 11.6 Å². The topological polar surface area (TPSA) is 54.0 Å². The first-order chi connectivity index (χ1) is 8.76. The Balaban J connectivity index is 2.76. The first kappa shape index (κ1) is 15.8. The second-order valence-electron chi connectivity index (χ2n) is 5.64. The van der Waals surface area contributed by atoms with Crippen LogP contribution in [0.5, 0.6) is 0 Å². The van der Waals surface area contributed by atoms with Gasteiger partial charge < -0.3 is 10.6 Å². The summed E-state index contributed by atoms with van der Waals surface area (Å²) in [7, 11) is 1.74. The molecule has 2 N–H and O–H groups in total. The molecule has 0 bridgehead atoms. The maximum absolute atomic E-state index is 12.1. The highest BCUT2D eigenvalue weighted by molar-refractivity contribution is 6.29. The fourth-order valence-electron chi connectivity index (χ4n) is 1.37. The van der Waals surface area contributed by atoms with Crippen LogP contribution in [0.2, 0.25) is 5.15 Å². The van der Waals surface area contributed by atoms with Gasteiger partial charge in [-0.3, -0.25) is 4.79 Å². The van der Waals surface area contributed by atoms with Gasteiger partial charge >= 0.3 is 0 Å². The van der Waals surface area contributed by atoms with Gasteiger partial charge in [0.2, 0.25) is 0 Å². The van der Waals surface area contributed by atoms with Crippen LogP contribution in [0.1, 0.15) is 38.1 Å². The summed E-state index contributed by atoms with van der Waals surface area (Å²) in [6.45, 7) is 9.19. The Morgan fingerprint density at radius 3 is 2.58 bits per heavy atom. The number of anilines is 1. The summed E-state index contributed by atoms with van der Waals surface area (Å²) in [5.74, 6) is 0.942. The minimum Gasteiger partial charge on any atom is -0.373 e. The number of nitrogens with one attached hydrogen (secondary N) is 2. The average molecular weight is 284 g/mol. The van der Waals surface area contributed by atoms with Crippen molar-refractivity contribution in [3.05, 3.63) is 22.8 Å². The Morgan fingerprint density at radius 2 is 2.05 bits per heavy atom. The van der Waals surface area contributed by atoms with Crippen LogP contribution in [-0.2, 0) is 0 Å². The van der Waals surface area contributed by atoms with Gasteiger partial charge in [-0.1, -0.05) is 39.3 Å². The fraction of sp³-hybridized carbons (Fsp3) is 0.571. The standard InChI is InChI=1S/C14H22ClN3O/c1-9(2)14(3,4)8-17-13(19)10-6-11(15)18-12(7-10)16-5/h6-7,9H,8H2,1-5H3,(H,16,18)(H,17,19). The molecule has 19 heavy (non-hydrogen) atoms. The normalized spacial score (nSPS) is 11.5. The summed E-state index contributed by atoms with van der Waals surface area (Å²) >= 11 is 5.88. The van der Waals surface area contributed by atoms with Crippen molar-refractivity contribution in [2.45, 2.75) is 27.7 Å². The largest absolute Gasteiger partial charge is 0.373 e. The Kier molecular flexibility index (Phi) is 5.18. The molecule has 0 aliphatic carbocycles. The molecule has 0 unspecified atom stereocenters. The Morgan fingerprint density at radius 1 is 1.42 bits per heavy atom. The molecule has 1 amide bonds. The number of nitrogens with zero attached hydrogens (tertiary/aromatic N) is 1. The third-order valence-electron chi connectivity index (χ3n) is 3.58. The minimum absolute atomic E-state index is 0.0539. The second kappa shape index (κ2) is 6.24. The summed E-state index contributed by atoms with van der Waals surface area (Å²) in [4.78, 5) is 16.2. The number of halogens is 1. The Hall–Kier alpha value is -1.29. The molecule has 106 valence electrons.